The van der Waals surface area contributed by atoms with Gasteiger partial charge in [0.05, 0.1) is 12.0 Å². The largest absolute Gasteiger partial charge is 0.481 e. The van der Waals surface area contributed by atoms with Gasteiger partial charge in [-0.2, -0.15) is 0 Å². The lowest BCUT2D eigenvalue weighted by Crippen LogP contribution is -2.26. The topological polar surface area (TPSA) is 59.0 Å². The minimum atomic E-state index is -0.646. The van der Waals surface area contributed by atoms with E-state index in [1.165, 1.54) is 0 Å². The average molecular weight is 329 g/mol. The minimum absolute atomic E-state index is 0.148. The zero-order valence-corrected chi connectivity index (χ0v) is 15.5. The van der Waals surface area contributed by atoms with Gasteiger partial charge in [0.2, 0.25) is 0 Å². The Morgan fingerprint density at radius 1 is 1.35 bits per heavy atom. The normalized spacial score (nSPS) is 22.2. The maximum absolute atomic E-state index is 11.0. The molecule has 0 spiro atoms. The summed E-state index contributed by atoms with van der Waals surface area (Å²) in [5.74, 6) is -0.809. The standard InChI is InChI=1S/C18H35NO4/c1-14(23-15(2)22-5)7-10-18(3,4)9-6-11-19-12-8-16(13-19)17(20)21/h14-16H,6-13H2,1-5H3,(H,20,21)/t14?,15-,16+/m1/s1. The number of carbonyl (C=O) groups is 1. The fraction of sp³-hybridized carbons (Fsp3) is 0.944. The quantitative estimate of drug-likeness (QED) is 0.589. The molecule has 0 radical (unpaired) electrons. The number of methoxy groups -OCH3 is 1. The van der Waals surface area contributed by atoms with Gasteiger partial charge in [0.15, 0.2) is 6.29 Å². The summed E-state index contributed by atoms with van der Waals surface area (Å²) in [6.07, 6.45) is 5.31. The van der Waals surface area contributed by atoms with Crippen molar-refractivity contribution in [3.63, 3.8) is 0 Å². The Bertz CT molecular complexity index is 359. The van der Waals surface area contributed by atoms with Crippen LogP contribution in [-0.2, 0) is 14.3 Å². The molecule has 5 heteroatoms. The average Bonchev–Trinajstić information content (AvgIpc) is 2.94. The van der Waals surface area contributed by atoms with E-state index in [-0.39, 0.29) is 18.3 Å². The summed E-state index contributed by atoms with van der Waals surface area (Å²) in [6.45, 7) is 11.3. The van der Waals surface area contributed by atoms with Crippen LogP contribution in [0.25, 0.3) is 0 Å². The van der Waals surface area contributed by atoms with E-state index in [9.17, 15) is 4.79 Å². The highest BCUT2D eigenvalue weighted by Gasteiger charge is 2.28. The molecule has 0 saturated carbocycles. The Hall–Kier alpha value is -0.650. The molecule has 0 aromatic rings. The molecule has 3 atom stereocenters. The van der Waals surface area contributed by atoms with Gasteiger partial charge in [-0.25, -0.2) is 0 Å². The zero-order chi connectivity index (χ0) is 17.5. The van der Waals surface area contributed by atoms with E-state index in [1.807, 2.05) is 6.92 Å². The third-order valence-electron chi connectivity index (χ3n) is 4.93. The first kappa shape index (κ1) is 20.4. The molecule has 1 aliphatic heterocycles. The highest BCUT2D eigenvalue weighted by molar-refractivity contribution is 5.70. The van der Waals surface area contributed by atoms with Crippen molar-refractivity contribution in [2.24, 2.45) is 11.3 Å². The molecule has 136 valence electrons. The third-order valence-corrected chi connectivity index (χ3v) is 4.93. The van der Waals surface area contributed by atoms with Gasteiger partial charge in [0, 0.05) is 13.7 Å². The monoisotopic (exact) mass is 329 g/mol. The minimum Gasteiger partial charge on any atom is -0.481 e. The molecule has 0 aromatic heterocycles. The second kappa shape index (κ2) is 9.60. The van der Waals surface area contributed by atoms with E-state index in [0.717, 1.165) is 51.7 Å². The summed E-state index contributed by atoms with van der Waals surface area (Å²) in [7, 11) is 1.66. The van der Waals surface area contributed by atoms with Gasteiger partial charge in [-0.1, -0.05) is 13.8 Å². The maximum atomic E-state index is 11.0. The molecule has 0 aromatic carbocycles. The van der Waals surface area contributed by atoms with Crippen molar-refractivity contribution >= 4 is 5.97 Å². The van der Waals surface area contributed by atoms with Gasteiger partial charge in [0.25, 0.3) is 0 Å². The van der Waals surface area contributed by atoms with Crippen molar-refractivity contribution in [1.82, 2.24) is 4.90 Å². The molecular formula is C18H35NO4. The van der Waals surface area contributed by atoms with Crippen molar-refractivity contribution in [1.29, 1.82) is 0 Å². The molecule has 0 aliphatic carbocycles. The molecule has 0 amide bonds. The van der Waals surface area contributed by atoms with Crippen LogP contribution >= 0.6 is 0 Å². The number of hydrogen-bond acceptors (Lipinski definition) is 4. The van der Waals surface area contributed by atoms with Crippen LogP contribution in [-0.4, -0.2) is 55.1 Å². The van der Waals surface area contributed by atoms with Crippen LogP contribution in [0.15, 0.2) is 0 Å². The van der Waals surface area contributed by atoms with E-state index < -0.39 is 5.97 Å². The van der Waals surface area contributed by atoms with E-state index >= 15 is 0 Å². The third kappa shape index (κ3) is 8.13. The van der Waals surface area contributed by atoms with Gasteiger partial charge >= 0.3 is 5.97 Å². The first-order valence-electron chi connectivity index (χ1n) is 8.87. The van der Waals surface area contributed by atoms with E-state index in [1.54, 1.807) is 7.11 Å². The number of carboxylic acid groups (broad SMARTS) is 1. The van der Waals surface area contributed by atoms with Crippen molar-refractivity contribution < 1.29 is 19.4 Å². The second-order valence-electron chi connectivity index (χ2n) is 7.68. The molecule has 5 nitrogen and oxygen atoms in total. The van der Waals surface area contributed by atoms with Gasteiger partial charge < -0.3 is 19.5 Å². The number of hydrogen-bond donors (Lipinski definition) is 1. The molecule has 1 fully saturated rings. The number of rotatable bonds is 11. The number of likely N-dealkylation sites (tertiary alicyclic amines) is 1. The number of carboxylic acids is 1. The van der Waals surface area contributed by atoms with Crippen LogP contribution in [0.3, 0.4) is 0 Å². The lowest BCUT2D eigenvalue weighted by atomic mass is 9.82. The summed E-state index contributed by atoms with van der Waals surface area (Å²) in [5, 5.41) is 9.04. The molecule has 1 heterocycles. The molecule has 23 heavy (non-hydrogen) atoms. The highest BCUT2D eigenvalue weighted by atomic mass is 16.7. The zero-order valence-electron chi connectivity index (χ0n) is 15.5. The van der Waals surface area contributed by atoms with Crippen molar-refractivity contribution in [2.75, 3.05) is 26.7 Å². The second-order valence-corrected chi connectivity index (χ2v) is 7.68. The molecule has 1 saturated heterocycles. The Kier molecular flexibility index (Phi) is 8.51. The number of nitrogens with zero attached hydrogens (tertiary/aromatic N) is 1. The lowest BCUT2D eigenvalue weighted by molar-refractivity contribution is -0.142. The van der Waals surface area contributed by atoms with Crippen LogP contribution in [0.1, 0.15) is 59.8 Å². The summed E-state index contributed by atoms with van der Waals surface area (Å²) in [4.78, 5) is 13.3. The summed E-state index contributed by atoms with van der Waals surface area (Å²) >= 11 is 0. The number of aliphatic carboxylic acids is 1. The van der Waals surface area contributed by atoms with Crippen molar-refractivity contribution in [3.8, 4) is 0 Å². The molecule has 1 aliphatic rings. The molecule has 1 N–H and O–H groups in total. The Balaban J connectivity index is 2.19. The fourth-order valence-corrected chi connectivity index (χ4v) is 3.19. The molecule has 1 rings (SSSR count). The van der Waals surface area contributed by atoms with Crippen LogP contribution in [0.5, 0.6) is 0 Å². The van der Waals surface area contributed by atoms with Gasteiger partial charge in [-0.05, 0) is 64.5 Å². The van der Waals surface area contributed by atoms with Crippen molar-refractivity contribution in [2.45, 2.75) is 72.2 Å². The molecule has 1 unspecified atom stereocenters. The van der Waals surface area contributed by atoms with Gasteiger partial charge in [-0.15, -0.1) is 0 Å². The predicted octanol–water partition coefficient (Wildman–Crippen LogP) is 3.38. The Morgan fingerprint density at radius 3 is 2.61 bits per heavy atom. The number of ether oxygens (including phenoxy) is 2. The predicted molar refractivity (Wildman–Crippen MR) is 91.4 cm³/mol. The Labute approximate surface area is 141 Å². The summed E-state index contributed by atoms with van der Waals surface area (Å²) < 4.78 is 10.9. The van der Waals surface area contributed by atoms with Crippen LogP contribution in [0.4, 0.5) is 0 Å². The van der Waals surface area contributed by atoms with E-state index in [4.69, 9.17) is 14.6 Å². The van der Waals surface area contributed by atoms with Crippen molar-refractivity contribution in [3.05, 3.63) is 0 Å². The van der Waals surface area contributed by atoms with E-state index in [0.29, 0.717) is 5.41 Å². The summed E-state index contributed by atoms with van der Waals surface area (Å²) in [6, 6.07) is 0. The van der Waals surface area contributed by atoms with E-state index in [2.05, 4.69) is 25.7 Å². The van der Waals surface area contributed by atoms with Gasteiger partial charge in [0.1, 0.15) is 0 Å². The highest BCUT2D eigenvalue weighted by Crippen LogP contribution is 2.30. The first-order valence-corrected chi connectivity index (χ1v) is 8.87. The summed E-state index contributed by atoms with van der Waals surface area (Å²) in [5.41, 5.74) is 0.292. The Morgan fingerprint density at radius 2 is 2.04 bits per heavy atom. The molecular weight excluding hydrogens is 294 g/mol. The smallest absolute Gasteiger partial charge is 0.307 e. The maximum Gasteiger partial charge on any atom is 0.307 e. The van der Waals surface area contributed by atoms with Crippen LogP contribution in [0.2, 0.25) is 0 Å². The molecule has 0 bridgehead atoms. The first-order chi connectivity index (χ1) is 10.7. The van der Waals surface area contributed by atoms with Gasteiger partial charge in [-0.3, -0.25) is 4.79 Å². The SMILES string of the molecule is CO[C@@H](C)OC(C)CCC(C)(C)CCCN1CC[C@H](C(=O)O)C1. The van der Waals surface area contributed by atoms with Crippen LogP contribution in [0, 0.1) is 11.3 Å². The lowest BCUT2D eigenvalue weighted by Gasteiger charge is -2.28. The fourth-order valence-electron chi connectivity index (χ4n) is 3.19. The van der Waals surface area contributed by atoms with Crippen LogP contribution < -0.4 is 0 Å².